The lowest BCUT2D eigenvalue weighted by atomic mass is 10.1. The number of amides is 2. The molecule has 3 heterocycles. The van der Waals surface area contributed by atoms with E-state index in [-0.39, 0.29) is 23.5 Å². The number of nitrogens with one attached hydrogen (secondary N) is 1. The summed E-state index contributed by atoms with van der Waals surface area (Å²) in [5.74, 6) is -2.31. The van der Waals surface area contributed by atoms with Gasteiger partial charge in [-0.2, -0.15) is 0 Å². The van der Waals surface area contributed by atoms with Crippen molar-refractivity contribution in [1.82, 2.24) is 29.7 Å². The zero-order chi connectivity index (χ0) is 26.1. The first-order valence-corrected chi connectivity index (χ1v) is 10.8. The van der Waals surface area contributed by atoms with Gasteiger partial charge in [0.25, 0.3) is 11.8 Å². The molecule has 0 bridgehead atoms. The third kappa shape index (κ3) is 4.51. The van der Waals surface area contributed by atoms with Crippen LogP contribution in [0.4, 0.5) is 5.82 Å². The Labute approximate surface area is 204 Å². The van der Waals surface area contributed by atoms with E-state index in [0.29, 0.717) is 11.2 Å². The molecule has 14 heteroatoms. The molecular weight excluding hydrogens is 474 g/mol. The van der Waals surface area contributed by atoms with Gasteiger partial charge in [-0.15, -0.1) is 0 Å². The molecule has 2 aromatic heterocycles. The van der Waals surface area contributed by atoms with Crippen LogP contribution in [0.5, 0.6) is 11.5 Å². The minimum atomic E-state index is -1.31. The molecule has 14 nitrogen and oxygen atoms in total. The third-order valence-corrected chi connectivity index (χ3v) is 5.63. The molecule has 0 spiro atoms. The number of aromatic nitrogens is 4. The van der Waals surface area contributed by atoms with Crippen molar-refractivity contribution in [3.05, 3.63) is 48.1 Å². The number of aliphatic hydroxyl groups is 2. The summed E-state index contributed by atoms with van der Waals surface area (Å²) in [6.45, 7) is -0.0456. The van der Waals surface area contributed by atoms with Gasteiger partial charge in [0, 0.05) is 26.2 Å². The number of rotatable bonds is 6. The van der Waals surface area contributed by atoms with E-state index in [1.165, 1.54) is 54.4 Å². The number of benzene rings is 1. The molecule has 4 rings (SSSR count). The minimum absolute atomic E-state index is 0.0255. The first-order valence-electron chi connectivity index (χ1n) is 10.8. The van der Waals surface area contributed by atoms with Crippen molar-refractivity contribution in [2.75, 3.05) is 26.4 Å². The second-order valence-corrected chi connectivity index (χ2v) is 8.28. The molecule has 0 aliphatic carbocycles. The number of nitrogens with two attached hydrogens (primary N) is 1. The fourth-order valence-electron chi connectivity index (χ4n) is 3.75. The smallest absolute Gasteiger partial charge is 0.255 e. The van der Waals surface area contributed by atoms with Gasteiger partial charge in [0.15, 0.2) is 29.2 Å². The van der Waals surface area contributed by atoms with Gasteiger partial charge in [0.1, 0.15) is 30.2 Å². The molecule has 1 unspecified atom stereocenters. The van der Waals surface area contributed by atoms with Gasteiger partial charge in [-0.25, -0.2) is 15.0 Å². The average molecular weight is 499 g/mol. The number of hydrogen-bond acceptors (Lipinski definition) is 11. The monoisotopic (exact) mass is 499 g/mol. The lowest BCUT2D eigenvalue weighted by Crippen LogP contribution is -2.31. The van der Waals surface area contributed by atoms with E-state index in [1.807, 2.05) is 0 Å². The highest BCUT2D eigenvalue weighted by atomic mass is 16.6. The van der Waals surface area contributed by atoms with E-state index in [4.69, 9.17) is 10.5 Å². The number of aromatic hydroxyl groups is 2. The maximum absolute atomic E-state index is 12.5. The standard InChI is InChI=1S/C22H25N7O7/c1-28(2)21(35)10-6-11(15(31)12(30)7-10)20(34)24-5-3-4-13-16(32)17(33)22(36-13)29-9-27-14-18(23)25-8-26-19(14)29/h3-4,6-9,13,16-17,22,30-33H,5H2,1-2H3,(H,24,34)(H2,23,25,26)/b4-3+/t13-,16+,17?,22-/m1/s1. The predicted molar refractivity (Wildman–Crippen MR) is 125 cm³/mol. The van der Waals surface area contributed by atoms with Crippen LogP contribution in [0.3, 0.4) is 0 Å². The Bertz CT molecular complexity index is 1340. The molecule has 7 N–H and O–H groups in total. The Hall–Kier alpha value is -4.27. The molecule has 0 radical (unpaired) electrons. The normalized spacial score (nSPS) is 21.8. The van der Waals surface area contributed by atoms with Gasteiger partial charge in [-0.05, 0) is 12.1 Å². The van der Waals surface area contributed by atoms with E-state index in [1.54, 1.807) is 0 Å². The Morgan fingerprint density at radius 2 is 1.94 bits per heavy atom. The largest absolute Gasteiger partial charge is 0.504 e. The van der Waals surface area contributed by atoms with Crippen LogP contribution in [-0.4, -0.2) is 95.6 Å². The molecule has 190 valence electrons. The number of aliphatic hydroxyl groups excluding tert-OH is 2. The van der Waals surface area contributed by atoms with Crippen LogP contribution in [0.15, 0.2) is 36.9 Å². The van der Waals surface area contributed by atoms with Crippen molar-refractivity contribution in [2.24, 2.45) is 0 Å². The van der Waals surface area contributed by atoms with Crippen LogP contribution >= 0.6 is 0 Å². The predicted octanol–water partition coefficient (Wildman–Crippen LogP) is -0.873. The maximum atomic E-state index is 12.5. The molecule has 2 amide bonds. The summed E-state index contributed by atoms with van der Waals surface area (Å²) in [6.07, 6.45) is 1.06. The first kappa shape index (κ1) is 24.8. The Morgan fingerprint density at radius 1 is 1.19 bits per heavy atom. The van der Waals surface area contributed by atoms with Crippen LogP contribution in [0.25, 0.3) is 11.2 Å². The number of nitrogens with zero attached hydrogens (tertiary/aromatic N) is 5. The van der Waals surface area contributed by atoms with Crippen molar-refractivity contribution in [1.29, 1.82) is 0 Å². The van der Waals surface area contributed by atoms with Crippen LogP contribution in [0, 0.1) is 0 Å². The van der Waals surface area contributed by atoms with Crippen LogP contribution in [0.1, 0.15) is 26.9 Å². The molecule has 1 aromatic carbocycles. The fraction of sp³-hybridized carbons (Fsp3) is 0.318. The van der Waals surface area contributed by atoms with E-state index >= 15 is 0 Å². The molecule has 36 heavy (non-hydrogen) atoms. The van der Waals surface area contributed by atoms with E-state index in [9.17, 15) is 30.0 Å². The number of nitrogen functional groups attached to an aromatic ring is 1. The fourth-order valence-corrected chi connectivity index (χ4v) is 3.75. The van der Waals surface area contributed by atoms with Crippen LogP contribution in [-0.2, 0) is 4.74 Å². The minimum Gasteiger partial charge on any atom is -0.504 e. The molecule has 1 aliphatic heterocycles. The van der Waals surface area contributed by atoms with E-state index in [2.05, 4.69) is 20.3 Å². The summed E-state index contributed by atoms with van der Waals surface area (Å²) in [7, 11) is 3.02. The summed E-state index contributed by atoms with van der Waals surface area (Å²) in [6, 6.07) is 2.24. The maximum Gasteiger partial charge on any atom is 0.255 e. The average Bonchev–Trinajstić information content (AvgIpc) is 3.39. The Kier molecular flexibility index (Phi) is 6.74. The number of anilines is 1. The SMILES string of the molecule is CN(C)C(=O)c1cc(O)c(O)c(C(=O)NC/C=C/[C@H]2O[C@@H](n3cnc4c(N)ncnc43)C(O)[C@H]2O)c1. The van der Waals surface area contributed by atoms with Gasteiger partial charge in [0.05, 0.1) is 11.9 Å². The highest BCUT2D eigenvalue weighted by molar-refractivity contribution is 6.02. The number of carbonyl (C=O) groups is 2. The number of phenolic OH excluding ortho intramolecular Hbond substituents is 2. The third-order valence-electron chi connectivity index (χ3n) is 5.63. The van der Waals surface area contributed by atoms with Gasteiger partial charge < -0.3 is 41.1 Å². The summed E-state index contributed by atoms with van der Waals surface area (Å²) >= 11 is 0. The van der Waals surface area contributed by atoms with Crippen molar-refractivity contribution in [3.63, 3.8) is 0 Å². The molecular formula is C22H25N7O7. The zero-order valence-electron chi connectivity index (χ0n) is 19.3. The molecule has 3 aromatic rings. The second-order valence-electron chi connectivity index (χ2n) is 8.28. The van der Waals surface area contributed by atoms with Gasteiger partial charge >= 0.3 is 0 Å². The van der Waals surface area contributed by atoms with Gasteiger partial charge in [-0.3, -0.25) is 14.2 Å². The van der Waals surface area contributed by atoms with Gasteiger partial charge in [-0.1, -0.05) is 12.2 Å². The second kappa shape index (κ2) is 9.77. The number of imidazole rings is 1. The van der Waals surface area contributed by atoms with Crippen molar-refractivity contribution in [3.8, 4) is 11.5 Å². The molecule has 0 saturated carbocycles. The number of fused-ring (bicyclic) bond motifs is 1. The van der Waals surface area contributed by atoms with Crippen LogP contribution in [0.2, 0.25) is 0 Å². The van der Waals surface area contributed by atoms with E-state index < -0.39 is 47.9 Å². The van der Waals surface area contributed by atoms with Crippen molar-refractivity contribution >= 4 is 28.8 Å². The molecule has 1 fully saturated rings. The van der Waals surface area contributed by atoms with Crippen molar-refractivity contribution in [2.45, 2.75) is 24.5 Å². The quantitative estimate of drug-likeness (QED) is 0.181. The van der Waals surface area contributed by atoms with Gasteiger partial charge in [0.2, 0.25) is 0 Å². The van der Waals surface area contributed by atoms with Crippen molar-refractivity contribution < 1.29 is 34.8 Å². The number of phenols is 2. The summed E-state index contributed by atoms with van der Waals surface area (Å²) < 4.78 is 7.22. The number of carbonyl (C=O) groups excluding carboxylic acids is 2. The summed E-state index contributed by atoms with van der Waals surface area (Å²) in [4.78, 5) is 38.0. The lowest BCUT2D eigenvalue weighted by Gasteiger charge is -2.16. The van der Waals surface area contributed by atoms with E-state index in [0.717, 1.165) is 6.07 Å². The Balaban J connectivity index is 1.42. The van der Waals surface area contributed by atoms with Crippen LogP contribution < -0.4 is 11.1 Å². The zero-order valence-corrected chi connectivity index (χ0v) is 19.3. The molecule has 1 saturated heterocycles. The Morgan fingerprint density at radius 3 is 2.67 bits per heavy atom. The first-order chi connectivity index (χ1) is 17.1. The topological polar surface area (TPSA) is 209 Å². The molecule has 1 aliphatic rings. The molecule has 4 atom stereocenters. The number of hydrogen-bond donors (Lipinski definition) is 6. The highest BCUT2D eigenvalue weighted by Crippen LogP contribution is 2.33. The lowest BCUT2D eigenvalue weighted by molar-refractivity contribution is -0.0245. The number of ether oxygens (including phenoxy) is 1. The highest BCUT2D eigenvalue weighted by Gasteiger charge is 2.43. The summed E-state index contributed by atoms with van der Waals surface area (Å²) in [5, 5.41) is 43.4. The summed E-state index contributed by atoms with van der Waals surface area (Å²) in [5.41, 5.74) is 6.18.